The Kier molecular flexibility index (Phi) is 6.16. The molecule has 5 nitrogen and oxygen atoms in total. The number of aliphatic hydroxyl groups excluding tert-OH is 1. The smallest absolute Gasteiger partial charge is 0.250 e. The van der Waals surface area contributed by atoms with Crippen LogP contribution < -0.4 is 5.56 Å². The van der Waals surface area contributed by atoms with E-state index in [1.165, 1.54) is 16.9 Å². The quantitative estimate of drug-likeness (QED) is 0.535. The summed E-state index contributed by atoms with van der Waals surface area (Å²) < 4.78 is 3.56. The highest BCUT2D eigenvalue weighted by molar-refractivity contribution is 7.99. The molecule has 0 saturated heterocycles. The Labute approximate surface area is 181 Å². The van der Waals surface area contributed by atoms with E-state index >= 15 is 0 Å². The Morgan fingerprint density at radius 3 is 2.70 bits per heavy atom. The summed E-state index contributed by atoms with van der Waals surface area (Å²) >= 11 is 1.84. The SMILES string of the molecule is CCCn1cc(-n2cc(-c3ccc(SCC4(CO)CCC4)cc3C)cn2)ccc1=O. The molecule has 0 radical (unpaired) electrons. The summed E-state index contributed by atoms with van der Waals surface area (Å²) in [6, 6.07) is 9.96. The van der Waals surface area contributed by atoms with Crippen molar-refractivity contribution >= 4 is 11.8 Å². The van der Waals surface area contributed by atoms with E-state index in [9.17, 15) is 9.90 Å². The molecule has 158 valence electrons. The van der Waals surface area contributed by atoms with E-state index in [0.717, 1.165) is 41.8 Å². The van der Waals surface area contributed by atoms with Gasteiger partial charge in [-0.1, -0.05) is 19.4 Å². The third-order valence-corrected chi connectivity index (χ3v) is 7.43. The molecule has 4 rings (SSSR count). The van der Waals surface area contributed by atoms with Crippen LogP contribution in [0.4, 0.5) is 0 Å². The first kappa shape index (κ1) is 20.9. The zero-order chi connectivity index (χ0) is 21.1. The van der Waals surface area contributed by atoms with Crippen molar-refractivity contribution < 1.29 is 5.11 Å². The lowest BCUT2D eigenvalue weighted by atomic mass is 9.71. The summed E-state index contributed by atoms with van der Waals surface area (Å²) in [6.45, 7) is 5.19. The fourth-order valence-corrected chi connectivity index (χ4v) is 5.26. The molecule has 1 fully saturated rings. The number of nitrogens with zero attached hydrogens (tertiary/aromatic N) is 3. The minimum atomic E-state index is 0.0155. The minimum Gasteiger partial charge on any atom is -0.396 e. The largest absolute Gasteiger partial charge is 0.396 e. The predicted molar refractivity (Wildman–Crippen MR) is 122 cm³/mol. The van der Waals surface area contributed by atoms with Crippen LogP contribution in [0.2, 0.25) is 0 Å². The van der Waals surface area contributed by atoms with Crippen LogP contribution in [0.5, 0.6) is 0 Å². The molecule has 1 saturated carbocycles. The topological polar surface area (TPSA) is 60.1 Å². The molecule has 0 spiro atoms. The maximum atomic E-state index is 12.0. The molecular weight excluding hydrogens is 394 g/mol. The molecule has 3 aromatic rings. The zero-order valence-electron chi connectivity index (χ0n) is 17.7. The van der Waals surface area contributed by atoms with Gasteiger partial charge in [0.2, 0.25) is 0 Å². The molecule has 2 heterocycles. The Bertz CT molecular complexity index is 1080. The number of aromatic nitrogens is 3. The fourth-order valence-electron chi connectivity index (χ4n) is 3.98. The molecule has 0 unspecified atom stereocenters. The van der Waals surface area contributed by atoms with Gasteiger partial charge in [0.25, 0.3) is 5.56 Å². The minimum absolute atomic E-state index is 0.0155. The van der Waals surface area contributed by atoms with Gasteiger partial charge in [0, 0.05) is 53.2 Å². The van der Waals surface area contributed by atoms with Crippen molar-refractivity contribution in [2.45, 2.75) is 51.0 Å². The second-order valence-corrected chi connectivity index (χ2v) is 9.42. The molecule has 2 aromatic heterocycles. The second kappa shape index (κ2) is 8.82. The van der Waals surface area contributed by atoms with Crippen molar-refractivity contribution in [3.05, 3.63) is 64.8 Å². The Hall–Kier alpha value is -2.31. The number of rotatable bonds is 8. The average molecular weight is 424 g/mol. The molecule has 6 heteroatoms. The zero-order valence-corrected chi connectivity index (χ0v) is 18.5. The number of hydrogen-bond acceptors (Lipinski definition) is 4. The molecular formula is C24H29N3O2S. The first-order valence-electron chi connectivity index (χ1n) is 10.6. The van der Waals surface area contributed by atoms with Crippen LogP contribution in [-0.4, -0.2) is 31.8 Å². The van der Waals surface area contributed by atoms with Crippen LogP contribution in [0.25, 0.3) is 16.8 Å². The molecule has 1 aliphatic carbocycles. The van der Waals surface area contributed by atoms with Crippen LogP contribution >= 0.6 is 11.8 Å². The lowest BCUT2D eigenvalue weighted by Crippen LogP contribution is -2.35. The summed E-state index contributed by atoms with van der Waals surface area (Å²) in [5.41, 5.74) is 4.46. The Balaban J connectivity index is 1.52. The van der Waals surface area contributed by atoms with Gasteiger partial charge in [-0.15, -0.1) is 11.8 Å². The van der Waals surface area contributed by atoms with Crippen LogP contribution in [0.15, 0.2) is 58.6 Å². The summed E-state index contributed by atoms with van der Waals surface area (Å²) in [5, 5.41) is 14.2. The van der Waals surface area contributed by atoms with Crippen LogP contribution in [-0.2, 0) is 6.54 Å². The summed E-state index contributed by atoms with van der Waals surface area (Å²) in [5.74, 6) is 0.980. The Morgan fingerprint density at radius 2 is 2.03 bits per heavy atom. The molecule has 0 atom stereocenters. The van der Waals surface area contributed by atoms with E-state index in [0.29, 0.717) is 13.2 Å². The van der Waals surface area contributed by atoms with Crippen LogP contribution in [0.1, 0.15) is 38.2 Å². The normalized spacial score (nSPS) is 15.2. The third-order valence-electron chi connectivity index (χ3n) is 6.08. The van der Waals surface area contributed by atoms with Crippen molar-refractivity contribution in [2.24, 2.45) is 5.41 Å². The van der Waals surface area contributed by atoms with E-state index in [4.69, 9.17) is 0 Å². The number of benzene rings is 1. The van der Waals surface area contributed by atoms with Gasteiger partial charge in [-0.3, -0.25) is 4.79 Å². The second-order valence-electron chi connectivity index (χ2n) is 8.37. The number of hydrogen-bond donors (Lipinski definition) is 1. The molecule has 0 bridgehead atoms. The number of pyridine rings is 1. The molecule has 30 heavy (non-hydrogen) atoms. The van der Waals surface area contributed by atoms with E-state index in [-0.39, 0.29) is 11.0 Å². The van der Waals surface area contributed by atoms with Gasteiger partial charge in [0.15, 0.2) is 0 Å². The summed E-state index contributed by atoms with van der Waals surface area (Å²) in [6.07, 6.45) is 10.2. The third kappa shape index (κ3) is 4.25. The number of thioether (sulfide) groups is 1. The van der Waals surface area contributed by atoms with E-state index < -0.39 is 0 Å². The van der Waals surface area contributed by atoms with Gasteiger partial charge >= 0.3 is 0 Å². The van der Waals surface area contributed by atoms with Crippen molar-refractivity contribution in [1.82, 2.24) is 14.3 Å². The van der Waals surface area contributed by atoms with Crippen molar-refractivity contribution in [2.75, 3.05) is 12.4 Å². The van der Waals surface area contributed by atoms with Gasteiger partial charge in [0.05, 0.1) is 11.9 Å². The summed E-state index contributed by atoms with van der Waals surface area (Å²) in [7, 11) is 0. The van der Waals surface area contributed by atoms with Crippen LogP contribution in [0, 0.1) is 12.3 Å². The lowest BCUT2D eigenvalue weighted by Gasteiger charge is -2.40. The molecule has 0 amide bonds. The molecule has 1 N–H and O–H groups in total. The van der Waals surface area contributed by atoms with E-state index in [1.54, 1.807) is 10.6 Å². The van der Waals surface area contributed by atoms with Gasteiger partial charge in [-0.2, -0.15) is 5.10 Å². The number of aliphatic hydroxyl groups is 1. The average Bonchev–Trinajstić information content (AvgIpc) is 3.19. The first-order chi connectivity index (χ1) is 14.5. The van der Waals surface area contributed by atoms with Crippen molar-refractivity contribution in [1.29, 1.82) is 0 Å². The van der Waals surface area contributed by atoms with Gasteiger partial charge < -0.3 is 9.67 Å². The van der Waals surface area contributed by atoms with Gasteiger partial charge in [-0.05, 0) is 55.5 Å². The maximum Gasteiger partial charge on any atom is 0.250 e. The Morgan fingerprint density at radius 1 is 1.20 bits per heavy atom. The monoisotopic (exact) mass is 423 g/mol. The highest BCUT2D eigenvalue weighted by atomic mass is 32.2. The van der Waals surface area contributed by atoms with Gasteiger partial charge in [-0.25, -0.2) is 4.68 Å². The van der Waals surface area contributed by atoms with Crippen LogP contribution in [0.3, 0.4) is 0 Å². The first-order valence-corrected chi connectivity index (χ1v) is 11.6. The van der Waals surface area contributed by atoms with Crippen molar-refractivity contribution in [3.63, 3.8) is 0 Å². The van der Waals surface area contributed by atoms with E-state index in [2.05, 4.69) is 37.1 Å². The fraction of sp³-hybridized carbons (Fsp3) is 0.417. The lowest BCUT2D eigenvalue weighted by molar-refractivity contribution is 0.0685. The highest BCUT2D eigenvalue weighted by Gasteiger charge is 2.36. The molecule has 0 aliphatic heterocycles. The van der Waals surface area contributed by atoms with Crippen molar-refractivity contribution in [3.8, 4) is 16.8 Å². The molecule has 1 aliphatic rings. The molecule has 1 aromatic carbocycles. The predicted octanol–water partition coefficient (Wildman–Crippen LogP) is 4.67. The number of aryl methyl sites for hydroxylation is 2. The van der Waals surface area contributed by atoms with Gasteiger partial charge in [0.1, 0.15) is 0 Å². The maximum absolute atomic E-state index is 12.0. The summed E-state index contributed by atoms with van der Waals surface area (Å²) in [4.78, 5) is 13.2. The standard InChI is InChI=1S/C24H29N3O2S/c1-3-11-26-15-20(5-8-23(26)29)27-14-19(13-25-27)22-7-6-21(12-18(22)2)30-17-24(16-28)9-4-10-24/h5-8,12-15,28H,3-4,9-11,16-17H2,1-2H3. The highest BCUT2D eigenvalue weighted by Crippen LogP contribution is 2.44. The van der Waals surface area contributed by atoms with E-state index in [1.807, 2.05) is 41.1 Å².